The molecule has 2 aromatic rings. The number of carbonyl (C=O) groups is 1. The Hall–Kier alpha value is -2.69. The standard InChI is InChI=1S/C19H22N2O3/c1-14-3-2-4-16(11-14)20-7-9-21(10-8-20)19(24)13-15-5-6-17(22)18(23)12-15/h2-6,11-12,22-23H,7-10,13H2,1H3. The molecule has 0 bridgehead atoms. The Morgan fingerprint density at radius 2 is 1.75 bits per heavy atom. The minimum atomic E-state index is -0.190. The topological polar surface area (TPSA) is 64.0 Å². The van der Waals surface area contributed by atoms with E-state index in [1.54, 1.807) is 6.07 Å². The van der Waals surface area contributed by atoms with E-state index in [-0.39, 0.29) is 23.8 Å². The molecule has 0 spiro atoms. The molecular formula is C19H22N2O3. The Morgan fingerprint density at radius 1 is 1.00 bits per heavy atom. The lowest BCUT2D eigenvalue weighted by molar-refractivity contribution is -0.130. The molecule has 5 heteroatoms. The predicted molar refractivity (Wildman–Crippen MR) is 93.4 cm³/mol. The van der Waals surface area contributed by atoms with Crippen LogP contribution in [0.5, 0.6) is 11.5 Å². The monoisotopic (exact) mass is 326 g/mol. The molecule has 1 saturated heterocycles. The van der Waals surface area contributed by atoms with Gasteiger partial charge in [-0.05, 0) is 42.3 Å². The number of hydrogen-bond acceptors (Lipinski definition) is 4. The lowest BCUT2D eigenvalue weighted by Gasteiger charge is -2.36. The molecule has 1 heterocycles. The lowest BCUT2D eigenvalue weighted by atomic mass is 10.1. The van der Waals surface area contributed by atoms with E-state index in [1.165, 1.54) is 23.4 Å². The number of aromatic hydroxyl groups is 2. The van der Waals surface area contributed by atoms with Crippen LogP contribution in [0.25, 0.3) is 0 Å². The van der Waals surface area contributed by atoms with Crippen molar-refractivity contribution >= 4 is 11.6 Å². The summed E-state index contributed by atoms with van der Waals surface area (Å²) in [5.41, 5.74) is 3.14. The van der Waals surface area contributed by atoms with Crippen molar-refractivity contribution in [3.8, 4) is 11.5 Å². The van der Waals surface area contributed by atoms with Crippen molar-refractivity contribution in [2.75, 3.05) is 31.1 Å². The third-order valence-electron chi connectivity index (χ3n) is 4.39. The van der Waals surface area contributed by atoms with E-state index < -0.39 is 0 Å². The van der Waals surface area contributed by atoms with Gasteiger partial charge >= 0.3 is 0 Å². The van der Waals surface area contributed by atoms with E-state index in [1.807, 2.05) is 4.90 Å². The smallest absolute Gasteiger partial charge is 0.227 e. The molecule has 1 aliphatic rings. The first-order chi connectivity index (χ1) is 11.5. The van der Waals surface area contributed by atoms with Crippen LogP contribution in [-0.2, 0) is 11.2 Å². The molecule has 2 N–H and O–H groups in total. The van der Waals surface area contributed by atoms with Gasteiger partial charge in [-0.1, -0.05) is 18.2 Å². The van der Waals surface area contributed by atoms with Gasteiger partial charge in [0.2, 0.25) is 5.91 Å². The number of piperazine rings is 1. The van der Waals surface area contributed by atoms with Crippen LogP contribution >= 0.6 is 0 Å². The zero-order valence-corrected chi connectivity index (χ0v) is 13.8. The van der Waals surface area contributed by atoms with Gasteiger partial charge in [0, 0.05) is 31.9 Å². The van der Waals surface area contributed by atoms with Crippen LogP contribution in [0.4, 0.5) is 5.69 Å². The molecule has 1 fully saturated rings. The maximum atomic E-state index is 12.4. The fourth-order valence-electron chi connectivity index (χ4n) is 3.00. The molecule has 126 valence electrons. The Bertz CT molecular complexity index is 737. The fourth-order valence-corrected chi connectivity index (χ4v) is 3.00. The van der Waals surface area contributed by atoms with Crippen LogP contribution in [-0.4, -0.2) is 47.2 Å². The second-order valence-corrected chi connectivity index (χ2v) is 6.21. The molecule has 2 aromatic carbocycles. The van der Waals surface area contributed by atoms with Gasteiger partial charge in [0.05, 0.1) is 6.42 Å². The van der Waals surface area contributed by atoms with Crippen molar-refractivity contribution in [2.24, 2.45) is 0 Å². The first-order valence-corrected chi connectivity index (χ1v) is 8.13. The number of rotatable bonds is 3. The van der Waals surface area contributed by atoms with Gasteiger partial charge in [-0.2, -0.15) is 0 Å². The van der Waals surface area contributed by atoms with Gasteiger partial charge in [-0.3, -0.25) is 4.79 Å². The van der Waals surface area contributed by atoms with Crippen molar-refractivity contribution in [3.63, 3.8) is 0 Å². The normalized spacial score (nSPS) is 14.7. The van der Waals surface area contributed by atoms with Gasteiger partial charge in [0.1, 0.15) is 0 Å². The van der Waals surface area contributed by atoms with E-state index in [9.17, 15) is 15.0 Å². The van der Waals surface area contributed by atoms with Gasteiger partial charge < -0.3 is 20.0 Å². The van der Waals surface area contributed by atoms with Crippen molar-refractivity contribution in [3.05, 3.63) is 53.6 Å². The summed E-state index contributed by atoms with van der Waals surface area (Å²) in [4.78, 5) is 16.6. The summed E-state index contributed by atoms with van der Waals surface area (Å²) in [6.45, 7) is 5.09. The number of hydrogen-bond donors (Lipinski definition) is 2. The average molecular weight is 326 g/mol. The van der Waals surface area contributed by atoms with Gasteiger partial charge in [0.15, 0.2) is 11.5 Å². The first kappa shape index (κ1) is 16.2. The highest BCUT2D eigenvalue weighted by molar-refractivity contribution is 5.79. The third-order valence-corrected chi connectivity index (χ3v) is 4.39. The number of aryl methyl sites for hydroxylation is 1. The van der Waals surface area contributed by atoms with Crippen LogP contribution in [0, 0.1) is 6.92 Å². The third kappa shape index (κ3) is 3.62. The van der Waals surface area contributed by atoms with Crippen LogP contribution in [0.1, 0.15) is 11.1 Å². The van der Waals surface area contributed by atoms with Crippen LogP contribution in [0.2, 0.25) is 0 Å². The van der Waals surface area contributed by atoms with E-state index in [0.717, 1.165) is 13.1 Å². The highest BCUT2D eigenvalue weighted by Gasteiger charge is 2.21. The molecule has 1 aliphatic heterocycles. The highest BCUT2D eigenvalue weighted by Crippen LogP contribution is 2.25. The highest BCUT2D eigenvalue weighted by atomic mass is 16.3. The van der Waals surface area contributed by atoms with Crippen LogP contribution in [0.3, 0.4) is 0 Å². The van der Waals surface area contributed by atoms with Crippen molar-refractivity contribution in [1.29, 1.82) is 0 Å². The number of benzene rings is 2. The summed E-state index contributed by atoms with van der Waals surface area (Å²) in [6, 6.07) is 12.9. The van der Waals surface area contributed by atoms with E-state index >= 15 is 0 Å². The van der Waals surface area contributed by atoms with E-state index in [2.05, 4.69) is 36.1 Å². The predicted octanol–water partition coefficient (Wildman–Crippen LogP) is 2.30. The lowest BCUT2D eigenvalue weighted by Crippen LogP contribution is -2.49. The summed E-state index contributed by atoms with van der Waals surface area (Å²) in [6.07, 6.45) is 0.234. The molecule has 0 saturated carbocycles. The number of nitrogens with zero attached hydrogens (tertiary/aromatic N) is 2. The zero-order chi connectivity index (χ0) is 17.1. The molecule has 0 radical (unpaired) electrons. The van der Waals surface area contributed by atoms with Crippen molar-refractivity contribution in [1.82, 2.24) is 4.90 Å². The SMILES string of the molecule is Cc1cccc(N2CCN(C(=O)Cc3ccc(O)c(O)c3)CC2)c1. The molecule has 0 aromatic heterocycles. The minimum Gasteiger partial charge on any atom is -0.504 e. The Kier molecular flexibility index (Phi) is 4.60. The fraction of sp³-hybridized carbons (Fsp3) is 0.316. The Labute approximate surface area is 141 Å². The van der Waals surface area contributed by atoms with E-state index in [0.29, 0.717) is 18.7 Å². The molecule has 1 amide bonds. The van der Waals surface area contributed by atoms with Crippen molar-refractivity contribution in [2.45, 2.75) is 13.3 Å². The quantitative estimate of drug-likeness (QED) is 0.850. The Balaban J connectivity index is 1.58. The number of phenolic OH excluding ortho intramolecular Hbond substituents is 2. The number of phenols is 2. The van der Waals surface area contributed by atoms with Crippen LogP contribution < -0.4 is 4.90 Å². The average Bonchev–Trinajstić information content (AvgIpc) is 2.58. The second kappa shape index (κ2) is 6.83. The molecule has 0 unspecified atom stereocenters. The zero-order valence-electron chi connectivity index (χ0n) is 13.8. The number of amides is 1. The van der Waals surface area contributed by atoms with Crippen LogP contribution in [0.15, 0.2) is 42.5 Å². The largest absolute Gasteiger partial charge is 0.504 e. The molecule has 5 nitrogen and oxygen atoms in total. The number of anilines is 1. The van der Waals surface area contributed by atoms with Gasteiger partial charge in [-0.25, -0.2) is 0 Å². The number of carbonyl (C=O) groups excluding carboxylic acids is 1. The molecular weight excluding hydrogens is 304 g/mol. The molecule has 24 heavy (non-hydrogen) atoms. The van der Waals surface area contributed by atoms with Gasteiger partial charge in [-0.15, -0.1) is 0 Å². The summed E-state index contributed by atoms with van der Waals surface area (Å²) in [5, 5.41) is 18.9. The molecule has 0 aliphatic carbocycles. The Morgan fingerprint density at radius 3 is 2.42 bits per heavy atom. The summed E-state index contributed by atoms with van der Waals surface area (Å²) >= 11 is 0. The summed E-state index contributed by atoms with van der Waals surface area (Å²) < 4.78 is 0. The summed E-state index contributed by atoms with van der Waals surface area (Å²) in [5.74, 6) is -0.313. The second-order valence-electron chi connectivity index (χ2n) is 6.21. The maximum absolute atomic E-state index is 12.4. The minimum absolute atomic E-state index is 0.0454. The van der Waals surface area contributed by atoms with Crippen molar-refractivity contribution < 1.29 is 15.0 Å². The molecule has 3 rings (SSSR count). The first-order valence-electron chi connectivity index (χ1n) is 8.13. The van der Waals surface area contributed by atoms with E-state index in [4.69, 9.17) is 0 Å². The maximum Gasteiger partial charge on any atom is 0.227 e. The summed E-state index contributed by atoms with van der Waals surface area (Å²) in [7, 11) is 0. The molecule has 0 atom stereocenters. The van der Waals surface area contributed by atoms with Gasteiger partial charge in [0.25, 0.3) is 0 Å².